The van der Waals surface area contributed by atoms with Gasteiger partial charge in [0.2, 0.25) is 5.95 Å². The van der Waals surface area contributed by atoms with Gasteiger partial charge in [0.1, 0.15) is 5.52 Å². The minimum atomic E-state index is -0.0991. The van der Waals surface area contributed by atoms with Crippen LogP contribution in [0.3, 0.4) is 0 Å². The van der Waals surface area contributed by atoms with Crippen LogP contribution in [0.5, 0.6) is 0 Å². The Balaban J connectivity index is 1.80. The third-order valence-corrected chi connectivity index (χ3v) is 4.16. The van der Waals surface area contributed by atoms with Gasteiger partial charge in [-0.1, -0.05) is 12.8 Å². The zero-order chi connectivity index (χ0) is 15.6. The van der Waals surface area contributed by atoms with Crippen molar-refractivity contribution in [1.82, 2.24) is 24.5 Å². The molecule has 1 fully saturated rings. The van der Waals surface area contributed by atoms with Crippen molar-refractivity contribution < 1.29 is 0 Å². The average molecular weight is 308 g/mol. The van der Waals surface area contributed by atoms with Gasteiger partial charge in [-0.2, -0.15) is 4.98 Å². The average Bonchev–Trinajstić information content (AvgIpc) is 3.09. The van der Waals surface area contributed by atoms with Crippen molar-refractivity contribution in [2.24, 2.45) is 0 Å². The lowest BCUT2D eigenvalue weighted by atomic mass is 10.2. The van der Waals surface area contributed by atoms with Crippen LogP contribution in [0.15, 0.2) is 41.7 Å². The predicted octanol–water partition coefficient (Wildman–Crippen LogP) is 2.44. The molecule has 1 N–H and O–H groups in total. The van der Waals surface area contributed by atoms with Gasteiger partial charge < -0.3 is 5.32 Å². The van der Waals surface area contributed by atoms with E-state index in [-0.39, 0.29) is 11.6 Å². The summed E-state index contributed by atoms with van der Waals surface area (Å²) in [5.41, 5.74) is 1.98. The van der Waals surface area contributed by atoms with Crippen molar-refractivity contribution >= 4 is 22.8 Å². The van der Waals surface area contributed by atoms with Crippen molar-refractivity contribution in [2.45, 2.75) is 31.7 Å². The lowest BCUT2D eigenvalue weighted by molar-refractivity contribution is 0.514. The molecule has 4 rings (SSSR count). The third-order valence-electron chi connectivity index (χ3n) is 4.16. The normalized spacial score (nSPS) is 15.1. The molecule has 3 heterocycles. The molecule has 1 aliphatic rings. The highest BCUT2D eigenvalue weighted by atomic mass is 16.1. The van der Waals surface area contributed by atoms with Gasteiger partial charge in [-0.3, -0.25) is 14.3 Å². The Kier molecular flexibility index (Phi) is 3.45. The van der Waals surface area contributed by atoms with E-state index in [0.717, 1.165) is 31.4 Å². The Hall–Kier alpha value is -2.83. The van der Waals surface area contributed by atoms with E-state index < -0.39 is 0 Å². The van der Waals surface area contributed by atoms with E-state index in [9.17, 15) is 4.79 Å². The maximum absolute atomic E-state index is 12.3. The van der Waals surface area contributed by atoms with Crippen LogP contribution in [0.1, 0.15) is 31.7 Å². The maximum atomic E-state index is 12.3. The van der Waals surface area contributed by atoms with Crippen LogP contribution in [0.4, 0.5) is 11.6 Å². The maximum Gasteiger partial charge on any atom is 0.270 e. The molecule has 0 radical (unpaired) electrons. The van der Waals surface area contributed by atoms with Crippen molar-refractivity contribution in [1.29, 1.82) is 0 Å². The summed E-state index contributed by atoms with van der Waals surface area (Å²) in [6.45, 7) is 0. The third kappa shape index (κ3) is 2.65. The Labute approximate surface area is 132 Å². The van der Waals surface area contributed by atoms with Crippen LogP contribution in [-0.2, 0) is 0 Å². The van der Waals surface area contributed by atoms with Crippen molar-refractivity contribution in [3.8, 4) is 0 Å². The Morgan fingerprint density at radius 3 is 2.65 bits per heavy atom. The van der Waals surface area contributed by atoms with Crippen LogP contribution in [0, 0.1) is 0 Å². The number of hydrogen-bond donors (Lipinski definition) is 1. The second-order valence-corrected chi connectivity index (χ2v) is 5.67. The van der Waals surface area contributed by atoms with Crippen molar-refractivity contribution in [3.05, 3.63) is 47.3 Å². The van der Waals surface area contributed by atoms with E-state index in [4.69, 9.17) is 0 Å². The van der Waals surface area contributed by atoms with E-state index in [0.29, 0.717) is 17.1 Å². The molecular formula is C16H16N6O. The number of hydrogen-bond acceptors (Lipinski definition) is 6. The molecule has 0 amide bonds. The molecule has 0 unspecified atom stereocenters. The van der Waals surface area contributed by atoms with Crippen LogP contribution in [0.25, 0.3) is 11.2 Å². The summed E-state index contributed by atoms with van der Waals surface area (Å²) in [6.07, 6.45) is 10.7. The fourth-order valence-electron chi connectivity index (χ4n) is 3.07. The zero-order valence-corrected chi connectivity index (χ0v) is 12.5. The second kappa shape index (κ2) is 5.75. The largest absolute Gasteiger partial charge is 0.324 e. The van der Waals surface area contributed by atoms with E-state index in [1.165, 1.54) is 6.20 Å². The molecular weight excluding hydrogens is 292 g/mol. The highest BCUT2D eigenvalue weighted by Crippen LogP contribution is 2.30. The van der Waals surface area contributed by atoms with Crippen molar-refractivity contribution in [3.63, 3.8) is 0 Å². The molecule has 0 bridgehead atoms. The number of pyridine rings is 1. The van der Waals surface area contributed by atoms with Gasteiger partial charge in [0.05, 0.1) is 12.4 Å². The molecule has 23 heavy (non-hydrogen) atoms. The molecule has 0 atom stereocenters. The van der Waals surface area contributed by atoms with Crippen LogP contribution >= 0.6 is 0 Å². The first-order valence-electron chi connectivity index (χ1n) is 7.72. The Bertz CT molecular complexity index is 886. The van der Waals surface area contributed by atoms with Gasteiger partial charge in [0.25, 0.3) is 5.56 Å². The molecule has 1 aliphatic carbocycles. The van der Waals surface area contributed by atoms with Gasteiger partial charge >= 0.3 is 0 Å². The summed E-state index contributed by atoms with van der Waals surface area (Å²) in [4.78, 5) is 29.3. The van der Waals surface area contributed by atoms with E-state index in [1.54, 1.807) is 23.2 Å². The summed E-state index contributed by atoms with van der Waals surface area (Å²) in [6, 6.07) is 3.87. The monoisotopic (exact) mass is 308 g/mol. The molecule has 3 aromatic rings. The minimum Gasteiger partial charge on any atom is -0.324 e. The molecule has 0 saturated heterocycles. The Morgan fingerprint density at radius 1 is 1.09 bits per heavy atom. The number of aromatic nitrogens is 5. The number of nitrogens with zero attached hydrogens (tertiary/aromatic N) is 5. The van der Waals surface area contributed by atoms with Gasteiger partial charge in [-0.15, -0.1) is 0 Å². The summed E-state index contributed by atoms with van der Waals surface area (Å²) in [7, 11) is 0. The topological polar surface area (TPSA) is 85.6 Å². The van der Waals surface area contributed by atoms with Gasteiger partial charge in [0.15, 0.2) is 5.65 Å². The van der Waals surface area contributed by atoms with Crippen LogP contribution < -0.4 is 10.9 Å². The minimum absolute atomic E-state index is 0.0991. The molecule has 7 nitrogen and oxygen atoms in total. The molecule has 7 heteroatoms. The second-order valence-electron chi connectivity index (χ2n) is 5.67. The SMILES string of the molecule is O=c1cnc2cnc(Nc3ccncc3)nc2n1C1CCCC1. The molecule has 0 spiro atoms. The first-order valence-corrected chi connectivity index (χ1v) is 7.72. The van der Waals surface area contributed by atoms with E-state index in [2.05, 4.69) is 25.3 Å². The molecule has 3 aromatic heterocycles. The zero-order valence-electron chi connectivity index (χ0n) is 12.5. The lowest BCUT2D eigenvalue weighted by Crippen LogP contribution is -2.24. The molecule has 1 saturated carbocycles. The number of fused-ring (bicyclic) bond motifs is 1. The molecule has 0 aliphatic heterocycles. The fourth-order valence-corrected chi connectivity index (χ4v) is 3.07. The number of rotatable bonds is 3. The molecule has 0 aromatic carbocycles. The van der Waals surface area contributed by atoms with Gasteiger partial charge in [-0.25, -0.2) is 9.97 Å². The van der Waals surface area contributed by atoms with E-state index in [1.807, 2.05) is 12.1 Å². The first kappa shape index (κ1) is 13.8. The van der Waals surface area contributed by atoms with Gasteiger partial charge in [-0.05, 0) is 25.0 Å². The summed E-state index contributed by atoms with van der Waals surface area (Å²) in [5, 5.41) is 3.13. The standard InChI is InChI=1S/C16H16N6O/c23-14-10-18-13-9-19-16(20-11-5-7-17-8-6-11)21-15(13)22(14)12-3-1-2-4-12/h5-10,12H,1-4H2,(H,17,19,20,21). The van der Waals surface area contributed by atoms with Crippen LogP contribution in [-0.4, -0.2) is 24.5 Å². The lowest BCUT2D eigenvalue weighted by Gasteiger charge is -2.15. The Morgan fingerprint density at radius 2 is 1.87 bits per heavy atom. The number of anilines is 2. The summed E-state index contributed by atoms with van der Waals surface area (Å²) in [5.74, 6) is 0.447. The first-order chi connectivity index (χ1) is 11.3. The fraction of sp³-hybridized carbons (Fsp3) is 0.312. The summed E-state index contributed by atoms with van der Waals surface area (Å²) >= 11 is 0. The van der Waals surface area contributed by atoms with Crippen LogP contribution in [0.2, 0.25) is 0 Å². The molecule has 116 valence electrons. The van der Waals surface area contributed by atoms with E-state index >= 15 is 0 Å². The smallest absolute Gasteiger partial charge is 0.270 e. The summed E-state index contributed by atoms with van der Waals surface area (Å²) < 4.78 is 1.77. The van der Waals surface area contributed by atoms with Gasteiger partial charge in [0, 0.05) is 24.1 Å². The highest BCUT2D eigenvalue weighted by molar-refractivity contribution is 5.71. The predicted molar refractivity (Wildman–Crippen MR) is 86.6 cm³/mol. The highest BCUT2D eigenvalue weighted by Gasteiger charge is 2.21. The number of nitrogens with one attached hydrogen (secondary N) is 1. The quantitative estimate of drug-likeness (QED) is 0.800. The van der Waals surface area contributed by atoms with Crippen molar-refractivity contribution in [2.75, 3.05) is 5.32 Å².